The second-order valence-corrected chi connectivity index (χ2v) is 14.5. The van der Waals surface area contributed by atoms with E-state index in [9.17, 15) is 18.0 Å². The smallest absolute Gasteiger partial charge is 0.264 e. The number of hydrogen-bond acceptors (Lipinski definition) is 6. The number of anilines is 1. The molecule has 0 saturated heterocycles. The number of ether oxygens (including phenoxy) is 2. The fraction of sp³-hybridized carbons (Fsp3) is 0.297. The molecule has 1 atom stereocenters. The number of nitrogens with one attached hydrogen (secondary N) is 1. The molecule has 1 heterocycles. The highest BCUT2D eigenvalue weighted by Crippen LogP contribution is 2.36. The maximum Gasteiger partial charge on any atom is 0.264 e. The molecule has 5 rings (SSSR count). The van der Waals surface area contributed by atoms with Crippen molar-refractivity contribution in [2.24, 2.45) is 0 Å². The van der Waals surface area contributed by atoms with E-state index in [2.05, 4.69) is 5.32 Å². The molecule has 47 heavy (non-hydrogen) atoms. The Bertz CT molecular complexity index is 1810. The van der Waals surface area contributed by atoms with Crippen LogP contribution in [0, 0.1) is 6.92 Å². The predicted octanol–water partition coefficient (Wildman–Crippen LogP) is 5.52. The van der Waals surface area contributed by atoms with Crippen molar-refractivity contribution in [2.45, 2.75) is 57.1 Å². The van der Waals surface area contributed by atoms with Gasteiger partial charge in [-0.2, -0.15) is 0 Å². The van der Waals surface area contributed by atoms with Gasteiger partial charge < -0.3 is 19.7 Å². The quantitative estimate of drug-likeness (QED) is 0.228. The van der Waals surface area contributed by atoms with Crippen LogP contribution in [0.2, 0.25) is 0 Å². The Labute approximate surface area is 277 Å². The van der Waals surface area contributed by atoms with Crippen LogP contribution < -0.4 is 19.1 Å². The van der Waals surface area contributed by atoms with Gasteiger partial charge >= 0.3 is 0 Å². The lowest BCUT2D eigenvalue weighted by Crippen LogP contribution is -2.56. The lowest BCUT2D eigenvalue weighted by molar-refractivity contribution is -0.140. The molecule has 1 N–H and O–H groups in total. The first-order valence-electron chi connectivity index (χ1n) is 15.6. The van der Waals surface area contributed by atoms with Gasteiger partial charge in [0.25, 0.3) is 10.0 Å². The number of carbonyl (C=O) groups excluding carboxylic acids is 2. The molecule has 0 aliphatic carbocycles. The summed E-state index contributed by atoms with van der Waals surface area (Å²) in [6, 6.07) is 29.0. The summed E-state index contributed by atoms with van der Waals surface area (Å²) in [4.78, 5) is 30.2. The third-order valence-corrected chi connectivity index (χ3v) is 9.42. The predicted molar refractivity (Wildman–Crippen MR) is 182 cm³/mol. The molecule has 0 saturated carbocycles. The monoisotopic (exact) mass is 655 g/mol. The molecule has 2 amide bonds. The Hall–Kier alpha value is -4.83. The van der Waals surface area contributed by atoms with E-state index in [-0.39, 0.29) is 29.5 Å². The number of rotatable bonds is 11. The number of amides is 2. The molecular formula is C37H41N3O6S. The van der Waals surface area contributed by atoms with Crippen LogP contribution in [0.3, 0.4) is 0 Å². The van der Waals surface area contributed by atoms with E-state index in [1.807, 2.05) is 82.3 Å². The fourth-order valence-corrected chi connectivity index (χ4v) is 6.88. The van der Waals surface area contributed by atoms with E-state index in [4.69, 9.17) is 9.47 Å². The van der Waals surface area contributed by atoms with Gasteiger partial charge in [0.2, 0.25) is 11.8 Å². The van der Waals surface area contributed by atoms with E-state index in [1.165, 1.54) is 17.0 Å². The number of benzene rings is 4. The second-order valence-electron chi connectivity index (χ2n) is 12.6. The zero-order valence-corrected chi connectivity index (χ0v) is 28.0. The van der Waals surface area contributed by atoms with Crippen molar-refractivity contribution >= 4 is 27.5 Å². The minimum Gasteiger partial charge on any atom is -0.486 e. The van der Waals surface area contributed by atoms with E-state index >= 15 is 0 Å². The summed E-state index contributed by atoms with van der Waals surface area (Å²) in [5, 5.41) is 3.05. The third-order valence-electron chi connectivity index (χ3n) is 7.63. The van der Waals surface area contributed by atoms with Crippen LogP contribution in [0.1, 0.15) is 37.5 Å². The van der Waals surface area contributed by atoms with Crippen molar-refractivity contribution < 1.29 is 27.5 Å². The first-order valence-corrected chi connectivity index (χ1v) is 17.0. The van der Waals surface area contributed by atoms with Crippen LogP contribution in [-0.4, -0.2) is 56.5 Å². The van der Waals surface area contributed by atoms with Crippen LogP contribution in [0.4, 0.5) is 5.69 Å². The summed E-state index contributed by atoms with van der Waals surface area (Å²) in [6.07, 6.45) is 0.232. The number of nitrogens with zero attached hydrogens (tertiary/aromatic N) is 2. The standard InChI is InChI=1S/C37H41N3O6S/c1-27-12-11-15-29(22-27)25-39(32(36(42)38-37(2,3)4)23-28-13-7-5-8-14-28)35(41)26-40(47(43,44)31-16-9-6-10-17-31)30-18-19-33-34(24-30)46-21-20-45-33/h5-19,22,24,32H,20-21,23,25-26H2,1-4H3,(H,38,42)/t32-/m1/s1. The molecule has 9 nitrogen and oxygen atoms in total. The minimum absolute atomic E-state index is 0.0271. The molecule has 1 aliphatic heterocycles. The highest BCUT2D eigenvalue weighted by atomic mass is 32.2. The molecule has 0 radical (unpaired) electrons. The third kappa shape index (κ3) is 8.51. The summed E-state index contributed by atoms with van der Waals surface area (Å²) in [7, 11) is -4.23. The lowest BCUT2D eigenvalue weighted by Gasteiger charge is -2.35. The zero-order chi connectivity index (χ0) is 33.6. The van der Waals surface area contributed by atoms with E-state index in [0.717, 1.165) is 21.0 Å². The molecular weight excluding hydrogens is 614 g/mol. The van der Waals surface area contributed by atoms with Crippen molar-refractivity contribution in [1.29, 1.82) is 0 Å². The summed E-state index contributed by atoms with van der Waals surface area (Å²) >= 11 is 0. The largest absolute Gasteiger partial charge is 0.486 e. The van der Waals surface area contributed by atoms with Crippen LogP contribution in [0.15, 0.2) is 108 Å². The molecule has 4 aromatic carbocycles. The van der Waals surface area contributed by atoms with Gasteiger partial charge in [0.05, 0.1) is 10.6 Å². The second kappa shape index (κ2) is 14.3. The van der Waals surface area contributed by atoms with Gasteiger partial charge in [-0.05, 0) is 63.1 Å². The molecule has 10 heteroatoms. The Kier molecular flexibility index (Phi) is 10.2. The summed E-state index contributed by atoms with van der Waals surface area (Å²) in [5.74, 6) is 0.00821. The zero-order valence-electron chi connectivity index (χ0n) is 27.2. The van der Waals surface area contributed by atoms with Crippen molar-refractivity contribution in [1.82, 2.24) is 10.2 Å². The van der Waals surface area contributed by atoms with Gasteiger partial charge in [0.15, 0.2) is 11.5 Å². The Morgan fingerprint density at radius 3 is 2.11 bits per heavy atom. The molecule has 0 bridgehead atoms. The highest BCUT2D eigenvalue weighted by Gasteiger charge is 2.36. The van der Waals surface area contributed by atoms with E-state index in [0.29, 0.717) is 24.7 Å². The van der Waals surface area contributed by atoms with Gasteiger partial charge in [0, 0.05) is 24.6 Å². The van der Waals surface area contributed by atoms with Gasteiger partial charge in [-0.3, -0.25) is 13.9 Å². The van der Waals surface area contributed by atoms with Crippen molar-refractivity contribution in [3.63, 3.8) is 0 Å². The Morgan fingerprint density at radius 1 is 0.809 bits per heavy atom. The molecule has 1 aliphatic rings. The maximum absolute atomic E-state index is 14.7. The summed E-state index contributed by atoms with van der Waals surface area (Å²) in [6.45, 7) is 7.83. The Morgan fingerprint density at radius 2 is 1.45 bits per heavy atom. The van der Waals surface area contributed by atoms with Crippen molar-refractivity contribution in [2.75, 3.05) is 24.1 Å². The van der Waals surface area contributed by atoms with Gasteiger partial charge in [-0.15, -0.1) is 0 Å². The SMILES string of the molecule is Cc1cccc(CN(C(=O)CN(c2ccc3c(c2)OCCO3)S(=O)(=O)c2ccccc2)[C@H](Cc2ccccc2)C(=O)NC(C)(C)C)c1. The van der Waals surface area contributed by atoms with Crippen LogP contribution in [0.25, 0.3) is 0 Å². The lowest BCUT2D eigenvalue weighted by atomic mass is 10.0. The molecule has 246 valence electrons. The summed E-state index contributed by atoms with van der Waals surface area (Å²) < 4.78 is 41.0. The first kappa shape index (κ1) is 33.5. The first-order chi connectivity index (χ1) is 22.4. The number of hydrogen-bond donors (Lipinski definition) is 1. The van der Waals surface area contributed by atoms with Gasteiger partial charge in [-0.25, -0.2) is 8.42 Å². The molecule has 0 spiro atoms. The molecule has 0 unspecified atom stereocenters. The highest BCUT2D eigenvalue weighted by molar-refractivity contribution is 7.92. The average molecular weight is 656 g/mol. The van der Waals surface area contributed by atoms with Crippen LogP contribution >= 0.6 is 0 Å². The Balaban J connectivity index is 1.60. The van der Waals surface area contributed by atoms with Crippen molar-refractivity contribution in [3.8, 4) is 11.5 Å². The van der Waals surface area contributed by atoms with Gasteiger partial charge in [-0.1, -0.05) is 78.4 Å². The number of sulfonamides is 1. The normalized spacial score (nSPS) is 13.4. The minimum atomic E-state index is -4.23. The maximum atomic E-state index is 14.7. The number of aryl methyl sites for hydroxylation is 1. The number of fused-ring (bicyclic) bond motifs is 1. The topological polar surface area (TPSA) is 105 Å². The van der Waals surface area contributed by atoms with Crippen LogP contribution in [-0.2, 0) is 32.6 Å². The van der Waals surface area contributed by atoms with E-state index < -0.39 is 34.1 Å². The van der Waals surface area contributed by atoms with Crippen LogP contribution in [0.5, 0.6) is 11.5 Å². The van der Waals surface area contributed by atoms with E-state index in [1.54, 1.807) is 36.4 Å². The average Bonchev–Trinajstić information content (AvgIpc) is 3.05. The molecule has 4 aromatic rings. The van der Waals surface area contributed by atoms with Gasteiger partial charge in [0.1, 0.15) is 25.8 Å². The molecule has 0 aromatic heterocycles. The van der Waals surface area contributed by atoms with Crippen molar-refractivity contribution in [3.05, 3.63) is 120 Å². The molecule has 0 fully saturated rings. The number of carbonyl (C=O) groups is 2. The fourth-order valence-electron chi connectivity index (χ4n) is 5.45. The summed E-state index contributed by atoms with van der Waals surface area (Å²) in [5.41, 5.74) is 2.35.